The molecule has 1 aliphatic rings. The normalized spacial score (nSPS) is 15.3. The minimum Gasteiger partial charge on any atom is -0.341 e. The fourth-order valence-electron chi connectivity index (χ4n) is 3.05. The van der Waals surface area contributed by atoms with Crippen LogP contribution in [0.4, 0.5) is 0 Å². The van der Waals surface area contributed by atoms with E-state index in [0.717, 1.165) is 42.2 Å². The number of nitrogens with one attached hydrogen (secondary N) is 1. The van der Waals surface area contributed by atoms with Crippen LogP contribution >= 0.6 is 11.3 Å². The molecular formula is C20H23N3O2S. The zero-order valence-electron chi connectivity index (χ0n) is 14.9. The minimum absolute atomic E-state index is 0.00222. The first-order chi connectivity index (χ1) is 12.6. The van der Waals surface area contributed by atoms with Crippen molar-refractivity contribution in [2.24, 2.45) is 0 Å². The number of benzene rings is 1. The predicted octanol–water partition coefficient (Wildman–Crippen LogP) is 2.81. The Morgan fingerprint density at radius 2 is 2.00 bits per heavy atom. The molecule has 2 aromatic rings. The Labute approximate surface area is 157 Å². The van der Waals surface area contributed by atoms with Crippen LogP contribution in [0.5, 0.6) is 0 Å². The highest BCUT2D eigenvalue weighted by Crippen LogP contribution is 2.13. The third-order valence-corrected chi connectivity index (χ3v) is 5.15. The van der Waals surface area contributed by atoms with Gasteiger partial charge in [0.2, 0.25) is 11.8 Å². The fraction of sp³-hybridized carbons (Fsp3) is 0.350. The summed E-state index contributed by atoms with van der Waals surface area (Å²) in [5.41, 5.74) is 1.79. The second-order valence-electron chi connectivity index (χ2n) is 6.41. The van der Waals surface area contributed by atoms with Crippen LogP contribution in [0.1, 0.15) is 29.1 Å². The third-order valence-electron chi connectivity index (χ3n) is 4.36. The van der Waals surface area contributed by atoms with Crippen molar-refractivity contribution in [3.63, 3.8) is 0 Å². The molecule has 1 aromatic carbocycles. The molecule has 0 radical (unpaired) electrons. The van der Waals surface area contributed by atoms with E-state index in [4.69, 9.17) is 0 Å². The van der Waals surface area contributed by atoms with Gasteiger partial charge in [-0.1, -0.05) is 30.3 Å². The Morgan fingerprint density at radius 1 is 1.27 bits per heavy atom. The van der Waals surface area contributed by atoms with Gasteiger partial charge in [0.25, 0.3) is 0 Å². The first-order valence-electron chi connectivity index (χ1n) is 8.85. The molecule has 3 rings (SSSR count). The highest BCUT2D eigenvalue weighted by molar-refractivity contribution is 7.09. The molecule has 0 aliphatic carbocycles. The van der Waals surface area contributed by atoms with Crippen LogP contribution in [0, 0.1) is 6.92 Å². The summed E-state index contributed by atoms with van der Waals surface area (Å²) in [4.78, 5) is 31.3. The summed E-state index contributed by atoms with van der Waals surface area (Å²) < 4.78 is 0. The predicted molar refractivity (Wildman–Crippen MR) is 104 cm³/mol. The highest BCUT2D eigenvalue weighted by Gasteiger charge is 2.27. The van der Waals surface area contributed by atoms with E-state index in [1.54, 1.807) is 6.08 Å². The van der Waals surface area contributed by atoms with Gasteiger partial charge in [-0.05, 0) is 31.4 Å². The van der Waals surface area contributed by atoms with Crippen molar-refractivity contribution in [3.8, 4) is 0 Å². The van der Waals surface area contributed by atoms with Gasteiger partial charge >= 0.3 is 0 Å². The number of aromatic nitrogens is 1. The van der Waals surface area contributed by atoms with Crippen molar-refractivity contribution in [1.29, 1.82) is 0 Å². The lowest BCUT2D eigenvalue weighted by atomic mass is 10.0. The van der Waals surface area contributed by atoms with Gasteiger partial charge in [0.05, 0.1) is 10.7 Å². The van der Waals surface area contributed by atoms with Crippen molar-refractivity contribution in [3.05, 3.63) is 58.1 Å². The average molecular weight is 369 g/mol. The molecule has 1 atom stereocenters. The van der Waals surface area contributed by atoms with Gasteiger partial charge in [-0.25, -0.2) is 4.98 Å². The van der Waals surface area contributed by atoms with Crippen molar-refractivity contribution in [1.82, 2.24) is 15.2 Å². The van der Waals surface area contributed by atoms with E-state index in [2.05, 4.69) is 10.3 Å². The van der Waals surface area contributed by atoms with Gasteiger partial charge in [-0.3, -0.25) is 9.59 Å². The van der Waals surface area contributed by atoms with Gasteiger partial charge in [0, 0.05) is 31.0 Å². The molecule has 1 unspecified atom stereocenters. The summed E-state index contributed by atoms with van der Waals surface area (Å²) in [5.74, 6) is -0.276. The average Bonchev–Trinajstić information content (AvgIpc) is 3.31. The lowest BCUT2D eigenvalue weighted by Crippen LogP contribution is -2.48. The number of likely N-dealkylation sites (tertiary alicyclic amines) is 1. The standard InChI is InChI=1S/C20H23N3O2S/c1-15-21-17(14-26-15)9-10-19(24)22-18(13-16-7-3-2-4-8-16)20(25)23-11-5-6-12-23/h2-4,7-10,14,18H,5-6,11-13H2,1H3,(H,22,24)/b10-9+. The molecule has 1 aromatic heterocycles. The number of carbonyl (C=O) groups excluding carboxylic acids is 2. The number of aryl methyl sites for hydroxylation is 1. The molecular weight excluding hydrogens is 346 g/mol. The Kier molecular flexibility index (Phi) is 6.17. The maximum Gasteiger partial charge on any atom is 0.245 e. The fourth-order valence-corrected chi connectivity index (χ4v) is 3.63. The Balaban J connectivity index is 1.68. The van der Waals surface area contributed by atoms with E-state index in [9.17, 15) is 9.59 Å². The molecule has 1 aliphatic heterocycles. The SMILES string of the molecule is Cc1nc(/C=C/C(=O)NC(Cc2ccccc2)C(=O)N2CCCC2)cs1. The van der Waals surface area contributed by atoms with Gasteiger partial charge < -0.3 is 10.2 Å². The molecule has 0 saturated carbocycles. The Morgan fingerprint density at radius 3 is 2.65 bits per heavy atom. The molecule has 0 bridgehead atoms. The zero-order chi connectivity index (χ0) is 18.4. The summed E-state index contributed by atoms with van der Waals surface area (Å²) in [6.07, 6.45) is 5.68. The largest absolute Gasteiger partial charge is 0.341 e. The molecule has 136 valence electrons. The van der Waals surface area contributed by atoms with Crippen LogP contribution in [-0.2, 0) is 16.0 Å². The number of thiazole rings is 1. The van der Waals surface area contributed by atoms with Gasteiger partial charge in [0.15, 0.2) is 0 Å². The van der Waals surface area contributed by atoms with Crippen LogP contribution in [0.25, 0.3) is 6.08 Å². The second kappa shape index (κ2) is 8.76. The topological polar surface area (TPSA) is 62.3 Å². The van der Waals surface area contributed by atoms with Crippen molar-refractivity contribution in [2.75, 3.05) is 13.1 Å². The quantitative estimate of drug-likeness (QED) is 0.797. The molecule has 5 nitrogen and oxygen atoms in total. The third kappa shape index (κ3) is 5.02. The first kappa shape index (κ1) is 18.3. The van der Waals surface area contributed by atoms with Crippen LogP contribution in [-0.4, -0.2) is 40.8 Å². The van der Waals surface area contributed by atoms with Crippen LogP contribution in [0.15, 0.2) is 41.8 Å². The summed E-state index contributed by atoms with van der Waals surface area (Å²) in [7, 11) is 0. The number of rotatable bonds is 6. The van der Waals surface area contributed by atoms with Crippen molar-refractivity contribution < 1.29 is 9.59 Å². The molecule has 1 N–H and O–H groups in total. The van der Waals surface area contributed by atoms with E-state index in [1.165, 1.54) is 17.4 Å². The summed E-state index contributed by atoms with van der Waals surface area (Å²) in [6.45, 7) is 3.47. The zero-order valence-corrected chi connectivity index (χ0v) is 15.7. The van der Waals surface area contributed by atoms with Crippen LogP contribution in [0.3, 0.4) is 0 Å². The number of carbonyl (C=O) groups is 2. The smallest absolute Gasteiger partial charge is 0.245 e. The second-order valence-corrected chi connectivity index (χ2v) is 7.47. The summed E-state index contributed by atoms with van der Waals surface area (Å²) in [5, 5.41) is 5.73. The van der Waals surface area contributed by atoms with Gasteiger partial charge in [-0.15, -0.1) is 11.3 Å². The van der Waals surface area contributed by atoms with E-state index in [-0.39, 0.29) is 11.8 Å². The lowest BCUT2D eigenvalue weighted by molar-refractivity contribution is -0.134. The van der Waals surface area contributed by atoms with Crippen molar-refractivity contribution >= 4 is 29.2 Å². The molecule has 26 heavy (non-hydrogen) atoms. The lowest BCUT2D eigenvalue weighted by Gasteiger charge is -2.23. The number of nitrogens with zero attached hydrogens (tertiary/aromatic N) is 2. The van der Waals surface area contributed by atoms with Gasteiger partial charge in [-0.2, -0.15) is 0 Å². The minimum atomic E-state index is -0.551. The van der Waals surface area contributed by atoms with Gasteiger partial charge in [0.1, 0.15) is 6.04 Å². The van der Waals surface area contributed by atoms with E-state index < -0.39 is 6.04 Å². The molecule has 0 spiro atoms. The highest BCUT2D eigenvalue weighted by atomic mass is 32.1. The van der Waals surface area contributed by atoms with E-state index in [0.29, 0.717) is 6.42 Å². The molecule has 6 heteroatoms. The monoisotopic (exact) mass is 369 g/mol. The first-order valence-corrected chi connectivity index (χ1v) is 9.73. The van der Waals surface area contributed by atoms with E-state index >= 15 is 0 Å². The summed E-state index contributed by atoms with van der Waals surface area (Å²) in [6, 6.07) is 9.23. The Hall–Kier alpha value is -2.47. The molecule has 1 fully saturated rings. The van der Waals surface area contributed by atoms with Crippen molar-refractivity contribution in [2.45, 2.75) is 32.2 Å². The molecule has 1 saturated heterocycles. The maximum atomic E-state index is 12.8. The number of hydrogen-bond acceptors (Lipinski definition) is 4. The molecule has 2 heterocycles. The Bertz CT molecular complexity index is 779. The maximum absolute atomic E-state index is 12.8. The number of hydrogen-bond donors (Lipinski definition) is 1. The summed E-state index contributed by atoms with van der Waals surface area (Å²) >= 11 is 1.54. The number of amides is 2. The molecule has 2 amide bonds. The van der Waals surface area contributed by atoms with Crippen LogP contribution in [0.2, 0.25) is 0 Å². The van der Waals surface area contributed by atoms with Crippen LogP contribution < -0.4 is 5.32 Å². The van der Waals surface area contributed by atoms with E-state index in [1.807, 2.05) is 47.5 Å².